The summed E-state index contributed by atoms with van der Waals surface area (Å²) >= 11 is 0. The maximum absolute atomic E-state index is 11.9. The highest BCUT2D eigenvalue weighted by Crippen LogP contribution is 2.05. The van der Waals surface area contributed by atoms with Crippen LogP contribution >= 0.6 is 0 Å². The number of primary amides is 1. The maximum Gasteiger partial charge on any atom is 0.326 e. The number of benzene rings is 1. The van der Waals surface area contributed by atoms with Crippen LogP contribution in [0.25, 0.3) is 0 Å². The van der Waals surface area contributed by atoms with Crippen LogP contribution in [0.4, 0.5) is 0 Å². The average Bonchev–Trinajstić information content (AvgIpc) is 2.42. The van der Waals surface area contributed by atoms with Gasteiger partial charge in [0.15, 0.2) is 0 Å². The molecule has 0 radical (unpaired) electrons. The van der Waals surface area contributed by atoms with Gasteiger partial charge in [0.1, 0.15) is 6.04 Å². The normalized spacial score (nSPS) is 11.7. The predicted octanol–water partition coefficient (Wildman–Crippen LogP) is -0.406. The molecule has 20 heavy (non-hydrogen) atoms. The van der Waals surface area contributed by atoms with Crippen molar-refractivity contribution in [3.8, 4) is 0 Å². The molecule has 1 rings (SSSR count). The molecule has 0 unspecified atom stereocenters. The fourth-order valence-corrected chi connectivity index (χ4v) is 1.58. The molecule has 1 aromatic carbocycles. The van der Waals surface area contributed by atoms with Gasteiger partial charge in [0.05, 0.1) is 0 Å². The summed E-state index contributed by atoms with van der Waals surface area (Å²) in [6.07, 6.45) is -0.152. The molecule has 0 saturated heterocycles. The number of carbonyl (C=O) groups excluding carboxylic acids is 2. The maximum atomic E-state index is 11.9. The molecule has 0 heterocycles. The van der Waals surface area contributed by atoms with Crippen LogP contribution < -0.4 is 16.8 Å². The van der Waals surface area contributed by atoms with Crippen LogP contribution in [0.3, 0.4) is 0 Å². The summed E-state index contributed by atoms with van der Waals surface area (Å²) in [7, 11) is 0. The van der Waals surface area contributed by atoms with Crippen molar-refractivity contribution in [3.63, 3.8) is 0 Å². The first-order chi connectivity index (χ1) is 9.43. The van der Waals surface area contributed by atoms with Crippen molar-refractivity contribution >= 4 is 17.8 Å². The summed E-state index contributed by atoms with van der Waals surface area (Å²) in [6.45, 7) is 0.359. The van der Waals surface area contributed by atoms with Gasteiger partial charge >= 0.3 is 5.97 Å². The molecule has 7 heteroatoms. The third-order valence-electron chi connectivity index (χ3n) is 2.73. The first-order valence-electron chi connectivity index (χ1n) is 6.05. The van der Waals surface area contributed by atoms with Gasteiger partial charge in [-0.3, -0.25) is 9.59 Å². The predicted molar refractivity (Wildman–Crippen MR) is 71.7 cm³/mol. The Balaban J connectivity index is 2.69. The first-order valence-corrected chi connectivity index (χ1v) is 6.05. The van der Waals surface area contributed by atoms with E-state index >= 15 is 0 Å². The van der Waals surface area contributed by atoms with Gasteiger partial charge in [-0.2, -0.15) is 0 Å². The number of amides is 2. The summed E-state index contributed by atoms with van der Waals surface area (Å²) in [5.41, 5.74) is 11.6. The molecule has 1 atom stereocenters. The van der Waals surface area contributed by atoms with Crippen molar-refractivity contribution in [2.45, 2.75) is 25.4 Å². The lowest BCUT2D eigenvalue weighted by molar-refractivity contribution is -0.139. The lowest BCUT2D eigenvalue weighted by atomic mass is 10.1. The van der Waals surface area contributed by atoms with Crippen molar-refractivity contribution in [3.05, 3.63) is 35.4 Å². The van der Waals surface area contributed by atoms with E-state index in [4.69, 9.17) is 16.6 Å². The van der Waals surface area contributed by atoms with Gasteiger partial charge < -0.3 is 21.9 Å². The number of carbonyl (C=O) groups is 3. The minimum Gasteiger partial charge on any atom is -0.480 e. The van der Waals surface area contributed by atoms with Crippen LogP contribution in [0, 0.1) is 0 Å². The van der Waals surface area contributed by atoms with E-state index in [1.54, 1.807) is 24.3 Å². The molecule has 6 N–H and O–H groups in total. The summed E-state index contributed by atoms with van der Waals surface area (Å²) in [5, 5.41) is 11.3. The lowest BCUT2D eigenvalue weighted by Crippen LogP contribution is -2.41. The van der Waals surface area contributed by atoms with E-state index in [1.165, 1.54) is 0 Å². The number of carboxylic acid groups (broad SMARTS) is 1. The van der Waals surface area contributed by atoms with E-state index in [0.717, 1.165) is 5.56 Å². The molecular weight excluding hydrogens is 262 g/mol. The van der Waals surface area contributed by atoms with Crippen molar-refractivity contribution in [1.82, 2.24) is 5.32 Å². The van der Waals surface area contributed by atoms with Crippen molar-refractivity contribution in [1.29, 1.82) is 0 Å². The Kier molecular flexibility index (Phi) is 5.67. The monoisotopic (exact) mass is 279 g/mol. The molecule has 7 nitrogen and oxygen atoms in total. The molecule has 0 aliphatic rings. The number of hydrogen-bond acceptors (Lipinski definition) is 4. The summed E-state index contributed by atoms with van der Waals surface area (Å²) < 4.78 is 0. The fourth-order valence-electron chi connectivity index (χ4n) is 1.58. The molecule has 0 aliphatic carbocycles. The van der Waals surface area contributed by atoms with Gasteiger partial charge in [-0.1, -0.05) is 12.1 Å². The minimum absolute atomic E-state index is 0.0444. The van der Waals surface area contributed by atoms with Crippen LogP contribution in [0.15, 0.2) is 24.3 Å². The molecule has 2 amide bonds. The average molecular weight is 279 g/mol. The van der Waals surface area contributed by atoms with Gasteiger partial charge in [-0.15, -0.1) is 0 Å². The molecule has 0 aliphatic heterocycles. The summed E-state index contributed by atoms with van der Waals surface area (Å²) in [4.78, 5) is 33.5. The van der Waals surface area contributed by atoms with E-state index in [2.05, 4.69) is 5.32 Å². The molecule has 1 aromatic rings. The van der Waals surface area contributed by atoms with Crippen LogP contribution in [0.5, 0.6) is 0 Å². The largest absolute Gasteiger partial charge is 0.480 e. The van der Waals surface area contributed by atoms with Crippen molar-refractivity contribution in [2.24, 2.45) is 11.5 Å². The highest BCUT2D eigenvalue weighted by molar-refractivity contribution is 5.96. The van der Waals surface area contributed by atoms with Gasteiger partial charge in [0.2, 0.25) is 5.91 Å². The number of nitrogens with one attached hydrogen (secondary N) is 1. The molecule has 0 bridgehead atoms. The van der Waals surface area contributed by atoms with Crippen LogP contribution in [-0.4, -0.2) is 28.9 Å². The van der Waals surface area contributed by atoms with Gasteiger partial charge in [0, 0.05) is 18.5 Å². The standard InChI is InChI=1S/C13H17N3O4/c14-7-8-1-3-9(4-2-8)12(18)16-10(13(19)20)5-6-11(15)17/h1-4,10H,5-7,14H2,(H2,15,17)(H,16,18)(H,19,20)/t10-/m0/s1. The highest BCUT2D eigenvalue weighted by Gasteiger charge is 2.21. The third-order valence-corrected chi connectivity index (χ3v) is 2.73. The molecular formula is C13H17N3O4. The van der Waals surface area contributed by atoms with Gasteiger partial charge in [0.25, 0.3) is 5.91 Å². The minimum atomic E-state index is -1.21. The molecule has 0 saturated carbocycles. The molecule has 0 spiro atoms. The molecule has 108 valence electrons. The Morgan fingerprint density at radius 3 is 2.25 bits per heavy atom. The summed E-state index contributed by atoms with van der Waals surface area (Å²) in [5.74, 6) is -2.35. The van der Waals surface area contributed by atoms with E-state index in [0.29, 0.717) is 12.1 Å². The molecule has 0 fully saturated rings. The Morgan fingerprint density at radius 2 is 1.80 bits per heavy atom. The van der Waals surface area contributed by atoms with Crippen LogP contribution in [-0.2, 0) is 16.1 Å². The smallest absolute Gasteiger partial charge is 0.326 e. The van der Waals surface area contributed by atoms with Crippen molar-refractivity contribution in [2.75, 3.05) is 0 Å². The Hall–Kier alpha value is -2.41. The van der Waals surface area contributed by atoms with Crippen LogP contribution in [0.2, 0.25) is 0 Å². The number of nitrogens with two attached hydrogens (primary N) is 2. The van der Waals surface area contributed by atoms with E-state index in [1.807, 2.05) is 0 Å². The summed E-state index contributed by atoms with van der Waals surface area (Å²) in [6, 6.07) is 5.35. The molecule has 0 aromatic heterocycles. The zero-order chi connectivity index (χ0) is 15.1. The van der Waals surface area contributed by atoms with Crippen LogP contribution in [0.1, 0.15) is 28.8 Å². The SMILES string of the molecule is NCc1ccc(C(=O)N[C@@H](CCC(N)=O)C(=O)O)cc1. The second-order valence-corrected chi connectivity index (χ2v) is 4.27. The first kappa shape index (κ1) is 15.6. The quantitative estimate of drug-likeness (QED) is 0.538. The fraction of sp³-hybridized carbons (Fsp3) is 0.308. The van der Waals surface area contributed by atoms with Crippen molar-refractivity contribution < 1.29 is 19.5 Å². The number of carboxylic acids is 1. The topological polar surface area (TPSA) is 136 Å². The Labute approximate surface area is 115 Å². The van der Waals surface area contributed by atoms with Gasteiger partial charge in [-0.25, -0.2) is 4.79 Å². The lowest BCUT2D eigenvalue weighted by Gasteiger charge is -2.13. The second-order valence-electron chi connectivity index (χ2n) is 4.27. The highest BCUT2D eigenvalue weighted by atomic mass is 16.4. The van der Waals surface area contributed by atoms with Gasteiger partial charge in [-0.05, 0) is 24.1 Å². The number of aliphatic carboxylic acids is 1. The van der Waals surface area contributed by atoms with E-state index in [-0.39, 0.29) is 12.8 Å². The Bertz CT molecular complexity index is 499. The van der Waals surface area contributed by atoms with E-state index < -0.39 is 23.8 Å². The third kappa shape index (κ3) is 4.69. The zero-order valence-corrected chi connectivity index (χ0v) is 10.8. The van der Waals surface area contributed by atoms with E-state index in [9.17, 15) is 14.4 Å². The second kappa shape index (κ2) is 7.25. The zero-order valence-electron chi connectivity index (χ0n) is 10.8. The number of rotatable bonds is 7. The Morgan fingerprint density at radius 1 is 1.20 bits per heavy atom. The number of hydrogen-bond donors (Lipinski definition) is 4.